The zero-order valence-electron chi connectivity index (χ0n) is 15.0. The number of rotatable bonds is 2. The Morgan fingerprint density at radius 2 is 1.92 bits per heavy atom. The number of amides is 2. The number of hydrogen-bond acceptors (Lipinski definition) is 4. The first-order valence-corrected chi connectivity index (χ1v) is 8.83. The third kappa shape index (κ3) is 3.22. The van der Waals surface area contributed by atoms with Crippen LogP contribution in [0.25, 0.3) is 11.0 Å². The number of furan rings is 1. The first-order chi connectivity index (χ1) is 12.6. The fourth-order valence-electron chi connectivity index (χ4n) is 3.39. The summed E-state index contributed by atoms with van der Waals surface area (Å²) in [4.78, 5) is 21.1. The molecule has 1 N–H and O–H groups in total. The predicted molar refractivity (Wildman–Crippen MR) is 103 cm³/mol. The van der Waals surface area contributed by atoms with Gasteiger partial charge in [0, 0.05) is 43.4 Å². The number of fused-ring (bicyclic) bond motifs is 1. The van der Waals surface area contributed by atoms with Gasteiger partial charge in [-0.3, -0.25) is 0 Å². The van der Waals surface area contributed by atoms with Crippen molar-refractivity contribution in [3.8, 4) is 0 Å². The van der Waals surface area contributed by atoms with Gasteiger partial charge in [-0.2, -0.15) is 0 Å². The number of hydrogen-bond donors (Lipinski definition) is 1. The quantitative estimate of drug-likeness (QED) is 0.764. The lowest BCUT2D eigenvalue weighted by Crippen LogP contribution is -2.50. The van der Waals surface area contributed by atoms with Crippen molar-refractivity contribution in [2.45, 2.75) is 13.8 Å². The highest BCUT2D eigenvalue weighted by molar-refractivity contribution is 5.92. The molecule has 6 heteroatoms. The van der Waals surface area contributed by atoms with E-state index in [1.165, 1.54) is 0 Å². The van der Waals surface area contributed by atoms with Crippen molar-refractivity contribution in [2.75, 3.05) is 36.4 Å². The van der Waals surface area contributed by atoms with Crippen LogP contribution in [0.15, 0.2) is 47.0 Å². The van der Waals surface area contributed by atoms with Gasteiger partial charge >= 0.3 is 6.03 Å². The van der Waals surface area contributed by atoms with Crippen LogP contribution < -0.4 is 10.2 Å². The number of pyridine rings is 1. The van der Waals surface area contributed by atoms with Crippen LogP contribution in [0.4, 0.5) is 16.3 Å². The average molecular weight is 350 g/mol. The van der Waals surface area contributed by atoms with Crippen LogP contribution in [0.1, 0.15) is 11.3 Å². The lowest BCUT2D eigenvalue weighted by atomic mass is 10.2. The zero-order valence-corrected chi connectivity index (χ0v) is 15.0. The zero-order chi connectivity index (χ0) is 18.1. The lowest BCUT2D eigenvalue weighted by Gasteiger charge is -2.35. The topological polar surface area (TPSA) is 61.6 Å². The Hall–Kier alpha value is -3.02. The average Bonchev–Trinajstić information content (AvgIpc) is 3.01. The highest BCUT2D eigenvalue weighted by atomic mass is 16.3. The van der Waals surface area contributed by atoms with Crippen molar-refractivity contribution in [3.63, 3.8) is 0 Å². The molecule has 0 radical (unpaired) electrons. The monoisotopic (exact) mass is 350 g/mol. The second-order valence-corrected chi connectivity index (χ2v) is 6.66. The number of benzene rings is 1. The van der Waals surface area contributed by atoms with E-state index in [-0.39, 0.29) is 6.03 Å². The molecule has 3 aromatic rings. The molecule has 1 aliphatic rings. The molecule has 26 heavy (non-hydrogen) atoms. The minimum absolute atomic E-state index is 0.0676. The molecular formula is C20H22N4O2. The van der Waals surface area contributed by atoms with Crippen molar-refractivity contribution in [2.24, 2.45) is 0 Å². The summed E-state index contributed by atoms with van der Waals surface area (Å²) in [5, 5.41) is 3.99. The van der Waals surface area contributed by atoms with E-state index < -0.39 is 0 Å². The molecule has 1 aliphatic heterocycles. The summed E-state index contributed by atoms with van der Waals surface area (Å²) in [6.07, 6.45) is 1.81. The molecule has 134 valence electrons. The molecule has 0 aliphatic carbocycles. The van der Waals surface area contributed by atoms with Gasteiger partial charge < -0.3 is 19.5 Å². The fourth-order valence-corrected chi connectivity index (χ4v) is 3.39. The molecule has 0 saturated carbocycles. The van der Waals surface area contributed by atoms with E-state index in [9.17, 15) is 4.79 Å². The summed E-state index contributed by atoms with van der Waals surface area (Å²) in [6, 6.07) is 11.6. The fraction of sp³-hybridized carbons (Fsp3) is 0.300. The summed E-state index contributed by atoms with van der Waals surface area (Å²) in [6.45, 7) is 6.90. The highest BCUT2D eigenvalue weighted by Crippen LogP contribution is 2.23. The van der Waals surface area contributed by atoms with Gasteiger partial charge in [0.05, 0.1) is 0 Å². The van der Waals surface area contributed by atoms with Crippen LogP contribution in [0, 0.1) is 13.8 Å². The molecule has 0 unspecified atom stereocenters. The number of aromatic nitrogens is 1. The minimum atomic E-state index is -0.0676. The molecule has 1 saturated heterocycles. The third-order valence-electron chi connectivity index (χ3n) is 4.74. The Morgan fingerprint density at radius 3 is 2.69 bits per heavy atom. The standard InChI is InChI=1S/C20H22N4O2/c1-14-4-3-7-21-19(14)23-8-10-24(11-9-23)20(25)22-17-5-6-18-16(13-17)12-15(2)26-18/h3-7,12-13H,8-11H2,1-2H3,(H,22,25). The molecule has 1 fully saturated rings. The van der Waals surface area contributed by atoms with Crippen molar-refractivity contribution < 1.29 is 9.21 Å². The van der Waals surface area contributed by atoms with Crippen molar-refractivity contribution in [1.29, 1.82) is 0 Å². The predicted octanol–water partition coefficient (Wildman–Crippen LogP) is 3.80. The van der Waals surface area contributed by atoms with Crippen LogP contribution in [-0.2, 0) is 0 Å². The maximum atomic E-state index is 12.6. The summed E-state index contributed by atoms with van der Waals surface area (Å²) in [7, 11) is 0. The van der Waals surface area contributed by atoms with E-state index in [2.05, 4.69) is 28.2 Å². The molecule has 3 heterocycles. The maximum absolute atomic E-state index is 12.6. The SMILES string of the molecule is Cc1cc2cc(NC(=O)N3CCN(c4ncccc4C)CC3)ccc2o1. The number of aryl methyl sites for hydroxylation is 2. The van der Waals surface area contributed by atoms with E-state index in [4.69, 9.17) is 4.42 Å². The number of urea groups is 1. The largest absolute Gasteiger partial charge is 0.461 e. The van der Waals surface area contributed by atoms with Gasteiger partial charge in [-0.15, -0.1) is 0 Å². The van der Waals surface area contributed by atoms with Crippen LogP contribution in [0.2, 0.25) is 0 Å². The van der Waals surface area contributed by atoms with Gasteiger partial charge in [-0.25, -0.2) is 9.78 Å². The molecule has 0 bridgehead atoms. The van der Waals surface area contributed by atoms with Crippen LogP contribution in [0.5, 0.6) is 0 Å². The number of anilines is 2. The number of nitrogens with one attached hydrogen (secondary N) is 1. The van der Waals surface area contributed by atoms with Crippen LogP contribution in [0.3, 0.4) is 0 Å². The minimum Gasteiger partial charge on any atom is -0.461 e. The summed E-state index contributed by atoms with van der Waals surface area (Å²) < 4.78 is 5.57. The first kappa shape index (κ1) is 16.4. The third-order valence-corrected chi connectivity index (χ3v) is 4.74. The van der Waals surface area contributed by atoms with Crippen molar-refractivity contribution in [3.05, 3.63) is 53.9 Å². The number of carbonyl (C=O) groups excluding carboxylic acids is 1. The van der Waals surface area contributed by atoms with E-state index in [1.54, 1.807) is 0 Å². The molecule has 2 aromatic heterocycles. The van der Waals surface area contributed by atoms with Gasteiger partial charge in [-0.1, -0.05) is 6.07 Å². The Kier molecular flexibility index (Phi) is 4.24. The van der Waals surface area contributed by atoms with E-state index in [0.29, 0.717) is 13.1 Å². The Labute approximate surface area is 152 Å². The number of nitrogens with zero attached hydrogens (tertiary/aromatic N) is 3. The normalized spacial score (nSPS) is 14.7. The number of carbonyl (C=O) groups is 1. The molecule has 4 rings (SSSR count). The van der Waals surface area contributed by atoms with Gasteiger partial charge in [0.2, 0.25) is 0 Å². The Bertz CT molecular complexity index is 942. The van der Waals surface area contributed by atoms with E-state index in [0.717, 1.165) is 46.9 Å². The van der Waals surface area contributed by atoms with Crippen LogP contribution in [-0.4, -0.2) is 42.1 Å². The molecule has 0 atom stereocenters. The van der Waals surface area contributed by atoms with Gasteiger partial charge in [0.1, 0.15) is 17.2 Å². The van der Waals surface area contributed by atoms with E-state index >= 15 is 0 Å². The summed E-state index contributed by atoms with van der Waals surface area (Å²) in [5.41, 5.74) is 2.78. The Balaban J connectivity index is 1.39. The van der Waals surface area contributed by atoms with Gasteiger partial charge in [0.25, 0.3) is 0 Å². The van der Waals surface area contributed by atoms with Gasteiger partial charge in [-0.05, 0) is 49.7 Å². The summed E-state index contributed by atoms with van der Waals surface area (Å²) in [5.74, 6) is 1.87. The lowest BCUT2D eigenvalue weighted by molar-refractivity contribution is 0.208. The van der Waals surface area contributed by atoms with Crippen molar-refractivity contribution in [1.82, 2.24) is 9.88 Å². The second kappa shape index (κ2) is 6.71. The molecule has 6 nitrogen and oxygen atoms in total. The molecule has 2 amide bonds. The van der Waals surface area contributed by atoms with Crippen LogP contribution >= 0.6 is 0 Å². The highest BCUT2D eigenvalue weighted by Gasteiger charge is 2.22. The first-order valence-electron chi connectivity index (χ1n) is 8.83. The summed E-state index contributed by atoms with van der Waals surface area (Å²) >= 11 is 0. The Morgan fingerprint density at radius 1 is 1.12 bits per heavy atom. The molecular weight excluding hydrogens is 328 g/mol. The smallest absolute Gasteiger partial charge is 0.321 e. The van der Waals surface area contributed by atoms with Crippen molar-refractivity contribution >= 4 is 28.5 Å². The number of piperazine rings is 1. The van der Waals surface area contributed by atoms with E-state index in [1.807, 2.05) is 48.4 Å². The molecule has 1 aromatic carbocycles. The maximum Gasteiger partial charge on any atom is 0.321 e. The molecule has 0 spiro atoms. The van der Waals surface area contributed by atoms with Gasteiger partial charge in [0.15, 0.2) is 0 Å². The second-order valence-electron chi connectivity index (χ2n) is 6.66.